The second-order valence-corrected chi connectivity index (χ2v) is 5.07. The van der Waals surface area contributed by atoms with E-state index in [1.54, 1.807) is 0 Å². The number of benzene rings is 1. The van der Waals surface area contributed by atoms with Gasteiger partial charge in [0.15, 0.2) is 0 Å². The van der Waals surface area contributed by atoms with Gasteiger partial charge in [-0.2, -0.15) is 0 Å². The third kappa shape index (κ3) is 2.96. The Morgan fingerprint density at radius 2 is 2.13 bits per heavy atom. The van der Waals surface area contributed by atoms with Crippen LogP contribution in [0.25, 0.3) is 0 Å². The standard InChI is InChI=1S/C13H18ClN/c1-11(12-5-3-2-4-6-12)9-15-8-7-13(14)10-15/h2-6,11,13H,7-10H2,1H3. The lowest BCUT2D eigenvalue weighted by Gasteiger charge is -2.20. The van der Waals surface area contributed by atoms with Crippen molar-refractivity contribution in [1.29, 1.82) is 0 Å². The van der Waals surface area contributed by atoms with E-state index in [1.165, 1.54) is 5.56 Å². The Morgan fingerprint density at radius 3 is 2.73 bits per heavy atom. The Bertz CT molecular complexity index is 299. The minimum absolute atomic E-state index is 0.368. The lowest BCUT2D eigenvalue weighted by Crippen LogP contribution is -2.25. The molecule has 1 aromatic carbocycles. The molecule has 2 unspecified atom stereocenters. The van der Waals surface area contributed by atoms with Gasteiger partial charge in [0.05, 0.1) is 0 Å². The van der Waals surface area contributed by atoms with E-state index >= 15 is 0 Å². The van der Waals surface area contributed by atoms with E-state index in [1.807, 2.05) is 0 Å². The van der Waals surface area contributed by atoms with E-state index in [0.717, 1.165) is 26.1 Å². The maximum absolute atomic E-state index is 6.09. The van der Waals surface area contributed by atoms with Gasteiger partial charge in [-0.15, -0.1) is 11.6 Å². The Balaban J connectivity index is 1.90. The van der Waals surface area contributed by atoms with Gasteiger partial charge in [0.1, 0.15) is 0 Å². The molecule has 2 rings (SSSR count). The molecule has 1 saturated heterocycles. The number of nitrogens with zero attached hydrogens (tertiary/aromatic N) is 1. The topological polar surface area (TPSA) is 3.24 Å². The molecule has 15 heavy (non-hydrogen) atoms. The molecule has 1 fully saturated rings. The molecule has 0 aromatic heterocycles. The van der Waals surface area contributed by atoms with Gasteiger partial charge < -0.3 is 4.90 Å². The summed E-state index contributed by atoms with van der Waals surface area (Å²) in [6.45, 7) is 5.63. The molecule has 1 aliphatic heterocycles. The summed E-state index contributed by atoms with van der Waals surface area (Å²) in [7, 11) is 0. The molecular formula is C13H18ClN. The maximum Gasteiger partial charge on any atom is 0.0475 e. The molecule has 0 radical (unpaired) electrons. The van der Waals surface area contributed by atoms with Crippen molar-refractivity contribution in [2.45, 2.75) is 24.6 Å². The largest absolute Gasteiger partial charge is 0.301 e. The number of rotatable bonds is 3. The molecule has 0 N–H and O–H groups in total. The predicted molar refractivity (Wildman–Crippen MR) is 65.6 cm³/mol. The summed E-state index contributed by atoms with van der Waals surface area (Å²) in [5.74, 6) is 0.605. The van der Waals surface area contributed by atoms with Crippen LogP contribution in [0.15, 0.2) is 30.3 Å². The molecule has 0 aliphatic carbocycles. The third-order valence-electron chi connectivity index (χ3n) is 3.12. The van der Waals surface area contributed by atoms with Crippen LogP contribution in [0.3, 0.4) is 0 Å². The van der Waals surface area contributed by atoms with Gasteiger partial charge >= 0.3 is 0 Å². The number of alkyl halides is 1. The summed E-state index contributed by atoms with van der Waals surface area (Å²) in [6, 6.07) is 10.7. The zero-order chi connectivity index (χ0) is 10.7. The fourth-order valence-corrected chi connectivity index (χ4v) is 2.52. The second kappa shape index (κ2) is 5.00. The van der Waals surface area contributed by atoms with Gasteiger partial charge in [-0.05, 0) is 24.4 Å². The fraction of sp³-hybridized carbons (Fsp3) is 0.538. The molecule has 1 nitrogen and oxygen atoms in total. The first kappa shape index (κ1) is 11.0. The van der Waals surface area contributed by atoms with E-state index in [0.29, 0.717) is 11.3 Å². The average molecular weight is 224 g/mol. The Kier molecular flexibility index (Phi) is 3.66. The molecule has 0 saturated carbocycles. The van der Waals surface area contributed by atoms with Crippen LogP contribution < -0.4 is 0 Å². The molecule has 0 spiro atoms. The lowest BCUT2D eigenvalue weighted by atomic mass is 10.0. The van der Waals surface area contributed by atoms with Gasteiger partial charge in [-0.3, -0.25) is 0 Å². The number of hydrogen-bond donors (Lipinski definition) is 0. The predicted octanol–water partition coefficient (Wildman–Crippen LogP) is 3.10. The first-order valence-corrected chi connectivity index (χ1v) is 6.10. The smallest absolute Gasteiger partial charge is 0.0475 e. The zero-order valence-electron chi connectivity index (χ0n) is 9.20. The highest BCUT2D eigenvalue weighted by atomic mass is 35.5. The monoisotopic (exact) mass is 223 g/mol. The molecule has 0 amide bonds. The summed E-state index contributed by atoms with van der Waals surface area (Å²) < 4.78 is 0. The van der Waals surface area contributed by atoms with Crippen molar-refractivity contribution < 1.29 is 0 Å². The van der Waals surface area contributed by atoms with Crippen molar-refractivity contribution in [2.24, 2.45) is 0 Å². The second-order valence-electron chi connectivity index (χ2n) is 4.46. The van der Waals surface area contributed by atoms with Gasteiger partial charge in [0.2, 0.25) is 0 Å². The highest BCUT2D eigenvalue weighted by molar-refractivity contribution is 6.20. The van der Waals surface area contributed by atoms with Crippen LogP contribution in [0, 0.1) is 0 Å². The van der Waals surface area contributed by atoms with Gasteiger partial charge in [0.25, 0.3) is 0 Å². The van der Waals surface area contributed by atoms with E-state index in [-0.39, 0.29) is 0 Å². The van der Waals surface area contributed by atoms with E-state index in [2.05, 4.69) is 42.2 Å². The molecule has 82 valence electrons. The third-order valence-corrected chi connectivity index (χ3v) is 3.47. The molecular weight excluding hydrogens is 206 g/mol. The van der Waals surface area contributed by atoms with Crippen LogP contribution in [0.2, 0.25) is 0 Å². The van der Waals surface area contributed by atoms with Gasteiger partial charge in [0, 0.05) is 18.5 Å². The Labute approximate surface area is 97.0 Å². The quantitative estimate of drug-likeness (QED) is 0.712. The van der Waals surface area contributed by atoms with Gasteiger partial charge in [-0.25, -0.2) is 0 Å². The van der Waals surface area contributed by atoms with Crippen molar-refractivity contribution in [3.63, 3.8) is 0 Å². The first-order chi connectivity index (χ1) is 7.25. The SMILES string of the molecule is CC(CN1CCC(Cl)C1)c1ccccc1. The molecule has 2 atom stereocenters. The highest BCUT2D eigenvalue weighted by Crippen LogP contribution is 2.20. The van der Waals surface area contributed by atoms with Crippen LogP contribution in [0.4, 0.5) is 0 Å². The minimum Gasteiger partial charge on any atom is -0.301 e. The summed E-state index contributed by atoms with van der Waals surface area (Å²) >= 11 is 6.09. The summed E-state index contributed by atoms with van der Waals surface area (Å²) in [5.41, 5.74) is 1.43. The van der Waals surface area contributed by atoms with Crippen LogP contribution in [-0.2, 0) is 0 Å². The highest BCUT2D eigenvalue weighted by Gasteiger charge is 2.21. The average Bonchev–Trinajstić information content (AvgIpc) is 2.65. The van der Waals surface area contributed by atoms with E-state index in [9.17, 15) is 0 Å². The van der Waals surface area contributed by atoms with Crippen LogP contribution in [0.5, 0.6) is 0 Å². The van der Waals surface area contributed by atoms with Crippen molar-refractivity contribution in [1.82, 2.24) is 4.90 Å². The van der Waals surface area contributed by atoms with E-state index in [4.69, 9.17) is 11.6 Å². The van der Waals surface area contributed by atoms with Crippen molar-refractivity contribution in [2.75, 3.05) is 19.6 Å². The van der Waals surface area contributed by atoms with Crippen molar-refractivity contribution in [3.8, 4) is 0 Å². The van der Waals surface area contributed by atoms with Gasteiger partial charge in [-0.1, -0.05) is 37.3 Å². The van der Waals surface area contributed by atoms with Crippen LogP contribution in [-0.4, -0.2) is 29.9 Å². The zero-order valence-corrected chi connectivity index (χ0v) is 9.95. The summed E-state index contributed by atoms with van der Waals surface area (Å²) in [5, 5.41) is 0.368. The van der Waals surface area contributed by atoms with Crippen molar-refractivity contribution >= 4 is 11.6 Å². The number of hydrogen-bond acceptors (Lipinski definition) is 1. The summed E-state index contributed by atoms with van der Waals surface area (Å²) in [4.78, 5) is 2.47. The number of halogens is 1. The fourth-order valence-electron chi connectivity index (χ4n) is 2.23. The molecule has 2 heteroatoms. The number of likely N-dealkylation sites (tertiary alicyclic amines) is 1. The van der Waals surface area contributed by atoms with E-state index < -0.39 is 0 Å². The summed E-state index contributed by atoms with van der Waals surface area (Å²) in [6.07, 6.45) is 1.14. The molecule has 1 heterocycles. The Morgan fingerprint density at radius 1 is 1.40 bits per heavy atom. The van der Waals surface area contributed by atoms with Crippen LogP contribution in [0.1, 0.15) is 24.8 Å². The molecule has 1 aliphatic rings. The molecule has 0 bridgehead atoms. The lowest BCUT2D eigenvalue weighted by molar-refractivity contribution is 0.321. The Hall–Kier alpha value is -0.530. The van der Waals surface area contributed by atoms with Crippen LogP contribution >= 0.6 is 11.6 Å². The maximum atomic E-state index is 6.09. The molecule has 1 aromatic rings. The van der Waals surface area contributed by atoms with Crippen molar-refractivity contribution in [3.05, 3.63) is 35.9 Å². The minimum atomic E-state index is 0.368. The normalized spacial score (nSPS) is 24.3. The first-order valence-electron chi connectivity index (χ1n) is 5.67.